The SMILES string of the molecule is CCCOC(=O)[C@@H](C)NC(=O)[C@H](CC(=O)O)NC(=O)[C@H]1CCCN1. The highest BCUT2D eigenvalue weighted by atomic mass is 16.5. The molecule has 0 aromatic heterocycles. The molecule has 0 radical (unpaired) electrons. The first-order valence-electron chi connectivity index (χ1n) is 8.07. The number of carboxylic acids is 1. The van der Waals surface area contributed by atoms with Crippen molar-refractivity contribution in [2.24, 2.45) is 0 Å². The van der Waals surface area contributed by atoms with Crippen LogP contribution in [0.5, 0.6) is 0 Å². The number of rotatable bonds is 9. The predicted molar refractivity (Wildman–Crippen MR) is 84.1 cm³/mol. The van der Waals surface area contributed by atoms with E-state index in [2.05, 4.69) is 16.0 Å². The van der Waals surface area contributed by atoms with Gasteiger partial charge in [-0.15, -0.1) is 0 Å². The van der Waals surface area contributed by atoms with Gasteiger partial charge < -0.3 is 25.8 Å². The fourth-order valence-corrected chi connectivity index (χ4v) is 2.27. The summed E-state index contributed by atoms with van der Waals surface area (Å²) in [5.41, 5.74) is 0. The van der Waals surface area contributed by atoms with E-state index < -0.39 is 48.3 Å². The maximum atomic E-state index is 12.2. The minimum atomic E-state index is -1.25. The summed E-state index contributed by atoms with van der Waals surface area (Å²) in [6.45, 7) is 4.22. The molecule has 1 saturated heterocycles. The van der Waals surface area contributed by atoms with Crippen LogP contribution < -0.4 is 16.0 Å². The lowest BCUT2D eigenvalue weighted by Gasteiger charge is -2.21. The van der Waals surface area contributed by atoms with Crippen LogP contribution in [0.1, 0.15) is 39.5 Å². The summed E-state index contributed by atoms with van der Waals surface area (Å²) in [6.07, 6.45) is 1.56. The highest BCUT2D eigenvalue weighted by Gasteiger charge is 2.30. The third kappa shape index (κ3) is 6.53. The minimum Gasteiger partial charge on any atom is -0.481 e. The second-order valence-corrected chi connectivity index (χ2v) is 5.71. The van der Waals surface area contributed by atoms with Crippen molar-refractivity contribution in [1.82, 2.24) is 16.0 Å². The van der Waals surface area contributed by atoms with Crippen molar-refractivity contribution in [2.75, 3.05) is 13.2 Å². The Morgan fingerprint density at radius 2 is 2.00 bits per heavy atom. The number of carboxylic acid groups (broad SMARTS) is 1. The summed E-state index contributed by atoms with van der Waals surface area (Å²) >= 11 is 0. The highest BCUT2D eigenvalue weighted by molar-refractivity contribution is 5.94. The summed E-state index contributed by atoms with van der Waals surface area (Å²) in [7, 11) is 0. The van der Waals surface area contributed by atoms with E-state index >= 15 is 0 Å². The van der Waals surface area contributed by atoms with E-state index in [0.717, 1.165) is 6.42 Å². The van der Waals surface area contributed by atoms with Crippen LogP contribution in [0, 0.1) is 0 Å². The van der Waals surface area contributed by atoms with Gasteiger partial charge in [-0.05, 0) is 32.7 Å². The topological polar surface area (TPSA) is 134 Å². The maximum absolute atomic E-state index is 12.2. The Bertz CT molecular complexity index is 476. The Balaban J connectivity index is 2.61. The Morgan fingerprint density at radius 1 is 1.29 bits per heavy atom. The fraction of sp³-hybridized carbons (Fsp3) is 0.733. The minimum absolute atomic E-state index is 0.238. The first-order valence-corrected chi connectivity index (χ1v) is 8.07. The van der Waals surface area contributed by atoms with Crippen LogP contribution in [0.15, 0.2) is 0 Å². The first kappa shape index (κ1) is 19.9. The van der Waals surface area contributed by atoms with Crippen LogP contribution >= 0.6 is 0 Å². The van der Waals surface area contributed by atoms with E-state index in [9.17, 15) is 19.2 Å². The number of aliphatic carboxylic acids is 1. The van der Waals surface area contributed by atoms with E-state index in [0.29, 0.717) is 19.4 Å². The largest absolute Gasteiger partial charge is 0.481 e. The van der Waals surface area contributed by atoms with Crippen molar-refractivity contribution in [3.63, 3.8) is 0 Å². The molecule has 1 aliphatic heterocycles. The third-order valence-corrected chi connectivity index (χ3v) is 3.55. The van der Waals surface area contributed by atoms with Gasteiger partial charge in [0.25, 0.3) is 0 Å². The average Bonchev–Trinajstić information content (AvgIpc) is 3.05. The molecule has 0 aliphatic carbocycles. The molecular formula is C15H25N3O6. The van der Waals surface area contributed by atoms with E-state index in [4.69, 9.17) is 9.84 Å². The predicted octanol–water partition coefficient (Wildman–Crippen LogP) is -0.844. The molecule has 0 aromatic rings. The highest BCUT2D eigenvalue weighted by Crippen LogP contribution is 2.06. The van der Waals surface area contributed by atoms with Crippen molar-refractivity contribution in [3.8, 4) is 0 Å². The second-order valence-electron chi connectivity index (χ2n) is 5.71. The Kier molecular flexibility index (Phi) is 8.17. The van der Waals surface area contributed by atoms with Crippen LogP contribution in [0.25, 0.3) is 0 Å². The molecule has 4 N–H and O–H groups in total. The Labute approximate surface area is 140 Å². The molecule has 0 spiro atoms. The molecule has 24 heavy (non-hydrogen) atoms. The van der Waals surface area contributed by atoms with Gasteiger partial charge in [0.05, 0.1) is 19.1 Å². The number of hydrogen-bond acceptors (Lipinski definition) is 6. The zero-order valence-electron chi connectivity index (χ0n) is 14.0. The van der Waals surface area contributed by atoms with E-state index in [1.54, 1.807) is 0 Å². The molecule has 3 atom stereocenters. The lowest BCUT2D eigenvalue weighted by molar-refractivity contribution is -0.147. The smallest absolute Gasteiger partial charge is 0.328 e. The molecular weight excluding hydrogens is 318 g/mol. The van der Waals surface area contributed by atoms with E-state index in [1.165, 1.54) is 6.92 Å². The van der Waals surface area contributed by atoms with Gasteiger partial charge in [0, 0.05) is 0 Å². The lowest BCUT2D eigenvalue weighted by atomic mass is 10.1. The molecule has 136 valence electrons. The standard InChI is InChI=1S/C15H25N3O6/c1-3-7-24-15(23)9(2)17-14(22)11(8-12(19)20)18-13(21)10-5-4-6-16-10/h9-11,16H,3-8H2,1-2H3,(H,17,22)(H,18,21)(H,19,20)/t9-,10-,11+/m1/s1. The van der Waals surface area contributed by atoms with Crippen LogP contribution in [-0.2, 0) is 23.9 Å². The van der Waals surface area contributed by atoms with Gasteiger partial charge in [-0.1, -0.05) is 6.92 Å². The van der Waals surface area contributed by atoms with Gasteiger partial charge in [-0.2, -0.15) is 0 Å². The molecule has 9 heteroatoms. The summed E-state index contributed by atoms with van der Waals surface area (Å²) in [6, 6.07) is -2.61. The molecule has 0 aromatic carbocycles. The molecule has 1 fully saturated rings. The van der Waals surface area contributed by atoms with E-state index in [-0.39, 0.29) is 6.61 Å². The second kappa shape index (κ2) is 9.86. The maximum Gasteiger partial charge on any atom is 0.328 e. The first-order chi connectivity index (χ1) is 11.3. The molecule has 1 aliphatic rings. The Morgan fingerprint density at radius 3 is 2.54 bits per heavy atom. The zero-order valence-corrected chi connectivity index (χ0v) is 14.0. The van der Waals surface area contributed by atoms with Crippen LogP contribution in [0.2, 0.25) is 0 Å². The average molecular weight is 343 g/mol. The van der Waals surface area contributed by atoms with Crippen molar-refractivity contribution in [3.05, 3.63) is 0 Å². The van der Waals surface area contributed by atoms with Crippen LogP contribution in [-0.4, -0.2) is 60.1 Å². The van der Waals surface area contributed by atoms with Gasteiger partial charge >= 0.3 is 11.9 Å². The number of hydrogen-bond donors (Lipinski definition) is 4. The Hall–Kier alpha value is -2.16. The summed E-state index contributed by atoms with van der Waals surface area (Å²) in [4.78, 5) is 46.9. The molecule has 0 saturated carbocycles. The number of ether oxygens (including phenoxy) is 1. The number of nitrogens with one attached hydrogen (secondary N) is 3. The quantitative estimate of drug-likeness (QED) is 0.401. The molecule has 1 rings (SSSR count). The van der Waals surface area contributed by atoms with Gasteiger partial charge in [0.1, 0.15) is 12.1 Å². The molecule has 9 nitrogen and oxygen atoms in total. The molecule has 0 unspecified atom stereocenters. The monoisotopic (exact) mass is 343 g/mol. The van der Waals surface area contributed by atoms with Crippen molar-refractivity contribution in [2.45, 2.75) is 57.7 Å². The van der Waals surface area contributed by atoms with Crippen molar-refractivity contribution in [1.29, 1.82) is 0 Å². The number of carbonyl (C=O) groups excluding carboxylic acids is 3. The summed E-state index contributed by atoms with van der Waals surface area (Å²) in [5.74, 6) is -2.99. The molecule has 0 bridgehead atoms. The van der Waals surface area contributed by atoms with Crippen LogP contribution in [0.3, 0.4) is 0 Å². The summed E-state index contributed by atoms with van der Waals surface area (Å²) < 4.78 is 4.91. The van der Waals surface area contributed by atoms with Gasteiger partial charge in [-0.25, -0.2) is 4.79 Å². The van der Waals surface area contributed by atoms with Gasteiger partial charge in [-0.3, -0.25) is 14.4 Å². The lowest BCUT2D eigenvalue weighted by Crippen LogP contribution is -2.54. The number of esters is 1. The third-order valence-electron chi connectivity index (χ3n) is 3.55. The summed E-state index contributed by atoms with van der Waals surface area (Å²) in [5, 5.41) is 16.7. The van der Waals surface area contributed by atoms with Gasteiger partial charge in [0.2, 0.25) is 11.8 Å². The van der Waals surface area contributed by atoms with Crippen molar-refractivity contribution >= 4 is 23.8 Å². The fourth-order valence-electron chi connectivity index (χ4n) is 2.27. The normalized spacial score (nSPS) is 19.2. The van der Waals surface area contributed by atoms with Crippen LogP contribution in [0.4, 0.5) is 0 Å². The number of amides is 2. The van der Waals surface area contributed by atoms with Crippen molar-refractivity contribution < 1.29 is 29.0 Å². The zero-order chi connectivity index (χ0) is 18.1. The number of carbonyl (C=O) groups is 4. The molecule has 1 heterocycles. The molecule has 2 amide bonds. The van der Waals surface area contributed by atoms with E-state index in [1.807, 2.05) is 6.92 Å². The van der Waals surface area contributed by atoms with Gasteiger partial charge in [0.15, 0.2) is 0 Å².